The molecule has 0 bridgehead atoms. The predicted molar refractivity (Wildman–Crippen MR) is 69.4 cm³/mol. The van der Waals surface area contributed by atoms with E-state index >= 15 is 0 Å². The molecule has 88 valence electrons. The Morgan fingerprint density at radius 2 is 2.25 bits per heavy atom. The maximum atomic E-state index is 11.0. The predicted octanol–water partition coefficient (Wildman–Crippen LogP) is 1.70. The van der Waals surface area contributed by atoms with Crippen molar-refractivity contribution < 1.29 is 4.79 Å². The number of nitrogens with one attached hydrogen (secondary N) is 1. The van der Waals surface area contributed by atoms with Gasteiger partial charge in [-0.3, -0.25) is 4.79 Å². The van der Waals surface area contributed by atoms with Gasteiger partial charge in [0.15, 0.2) is 0 Å². The second-order valence-corrected chi connectivity index (χ2v) is 4.40. The lowest BCUT2D eigenvalue weighted by Crippen LogP contribution is -2.27. The van der Waals surface area contributed by atoms with E-state index in [9.17, 15) is 4.79 Å². The zero-order valence-electron chi connectivity index (χ0n) is 9.16. The number of benzene rings is 1. The Labute approximate surface area is 104 Å². The normalized spacial score (nSPS) is 12.2. The molecule has 1 amide bonds. The van der Waals surface area contributed by atoms with Gasteiger partial charge < -0.3 is 16.8 Å². The van der Waals surface area contributed by atoms with Crippen molar-refractivity contribution in [2.45, 2.75) is 19.4 Å². The fourth-order valence-corrected chi connectivity index (χ4v) is 1.94. The van der Waals surface area contributed by atoms with Gasteiger partial charge in [0, 0.05) is 22.7 Å². The maximum Gasteiger partial charge on any atom is 0.249 e. The SMILES string of the molecule is CCC(CN)Nc1ccc(C(N)=O)c(Br)c1. The molecule has 16 heavy (non-hydrogen) atoms. The van der Waals surface area contributed by atoms with Gasteiger partial charge >= 0.3 is 0 Å². The summed E-state index contributed by atoms with van der Waals surface area (Å²) in [5.74, 6) is -0.440. The van der Waals surface area contributed by atoms with E-state index in [4.69, 9.17) is 11.5 Å². The van der Waals surface area contributed by atoms with Crippen LogP contribution in [0.3, 0.4) is 0 Å². The second-order valence-electron chi connectivity index (χ2n) is 3.54. The van der Waals surface area contributed by atoms with Gasteiger partial charge in [0.05, 0.1) is 5.56 Å². The summed E-state index contributed by atoms with van der Waals surface area (Å²) in [6.07, 6.45) is 0.950. The number of carbonyl (C=O) groups excluding carboxylic acids is 1. The monoisotopic (exact) mass is 285 g/mol. The van der Waals surface area contributed by atoms with Gasteiger partial charge in [-0.25, -0.2) is 0 Å². The first-order valence-corrected chi connectivity index (χ1v) is 5.93. The Morgan fingerprint density at radius 1 is 1.56 bits per heavy atom. The highest BCUT2D eigenvalue weighted by molar-refractivity contribution is 9.10. The first-order chi connectivity index (χ1) is 7.58. The summed E-state index contributed by atoms with van der Waals surface area (Å²) in [5, 5.41) is 3.28. The van der Waals surface area contributed by atoms with Crippen molar-refractivity contribution in [3.05, 3.63) is 28.2 Å². The summed E-state index contributed by atoms with van der Waals surface area (Å²) < 4.78 is 0.692. The third-order valence-corrected chi connectivity index (χ3v) is 3.04. The van der Waals surface area contributed by atoms with Crippen LogP contribution in [0.4, 0.5) is 5.69 Å². The number of amides is 1. The molecule has 5 heteroatoms. The number of carbonyl (C=O) groups is 1. The van der Waals surface area contributed by atoms with Crippen LogP contribution in [0.15, 0.2) is 22.7 Å². The summed E-state index contributed by atoms with van der Waals surface area (Å²) in [7, 11) is 0. The quantitative estimate of drug-likeness (QED) is 0.770. The van der Waals surface area contributed by atoms with Crippen LogP contribution in [0.25, 0.3) is 0 Å². The van der Waals surface area contributed by atoms with Gasteiger partial charge in [-0.2, -0.15) is 0 Å². The van der Waals surface area contributed by atoms with Gasteiger partial charge in [-0.05, 0) is 40.5 Å². The van der Waals surface area contributed by atoms with Gasteiger partial charge in [-0.1, -0.05) is 6.92 Å². The molecule has 0 saturated heterocycles. The fourth-order valence-electron chi connectivity index (χ4n) is 1.37. The molecule has 4 nitrogen and oxygen atoms in total. The molecule has 0 spiro atoms. The maximum absolute atomic E-state index is 11.0. The van der Waals surface area contributed by atoms with Crippen molar-refractivity contribution in [2.75, 3.05) is 11.9 Å². The van der Waals surface area contributed by atoms with E-state index in [1.54, 1.807) is 6.07 Å². The summed E-state index contributed by atoms with van der Waals surface area (Å²) in [5.41, 5.74) is 12.2. The smallest absolute Gasteiger partial charge is 0.249 e. The van der Waals surface area contributed by atoms with Crippen molar-refractivity contribution >= 4 is 27.5 Å². The molecule has 5 N–H and O–H groups in total. The number of hydrogen-bond acceptors (Lipinski definition) is 3. The van der Waals surface area contributed by atoms with E-state index in [1.807, 2.05) is 12.1 Å². The Bertz CT molecular complexity index is 377. The third-order valence-electron chi connectivity index (χ3n) is 2.38. The minimum Gasteiger partial charge on any atom is -0.381 e. The Morgan fingerprint density at radius 3 is 2.69 bits per heavy atom. The molecule has 1 rings (SSSR count). The largest absolute Gasteiger partial charge is 0.381 e. The standard InChI is InChI=1S/C11H16BrN3O/c1-2-7(6-13)15-8-3-4-9(11(14)16)10(12)5-8/h3-5,7,15H,2,6,13H2,1H3,(H2,14,16). The molecule has 0 saturated carbocycles. The Kier molecular flexibility index (Phi) is 4.76. The van der Waals surface area contributed by atoms with Gasteiger partial charge in [0.2, 0.25) is 5.91 Å². The number of nitrogens with two attached hydrogens (primary N) is 2. The average Bonchev–Trinajstić information content (AvgIpc) is 2.25. The zero-order valence-corrected chi connectivity index (χ0v) is 10.8. The van der Waals surface area contributed by atoms with Gasteiger partial charge in [-0.15, -0.1) is 0 Å². The first-order valence-electron chi connectivity index (χ1n) is 5.14. The summed E-state index contributed by atoms with van der Waals surface area (Å²) >= 11 is 3.31. The summed E-state index contributed by atoms with van der Waals surface area (Å²) in [6.45, 7) is 2.64. The molecular weight excluding hydrogens is 270 g/mol. The lowest BCUT2D eigenvalue weighted by molar-refractivity contribution is 0.0999. The van der Waals surface area contributed by atoms with Crippen molar-refractivity contribution in [3.8, 4) is 0 Å². The molecule has 1 unspecified atom stereocenters. The number of hydrogen-bond donors (Lipinski definition) is 3. The van der Waals surface area contributed by atoms with Crippen molar-refractivity contribution in [1.29, 1.82) is 0 Å². The second kappa shape index (κ2) is 5.86. The molecule has 0 aliphatic carbocycles. The summed E-state index contributed by atoms with van der Waals surface area (Å²) in [4.78, 5) is 11.0. The third kappa shape index (κ3) is 3.21. The Balaban J connectivity index is 2.84. The molecule has 0 aromatic heterocycles. The molecule has 0 radical (unpaired) electrons. The lowest BCUT2D eigenvalue weighted by atomic mass is 10.1. The van der Waals surface area contributed by atoms with E-state index in [2.05, 4.69) is 28.2 Å². The van der Waals surface area contributed by atoms with E-state index in [0.717, 1.165) is 12.1 Å². The number of primary amides is 1. The van der Waals surface area contributed by atoms with Gasteiger partial charge in [0.25, 0.3) is 0 Å². The highest BCUT2D eigenvalue weighted by atomic mass is 79.9. The molecular formula is C11H16BrN3O. The van der Waals surface area contributed by atoms with Crippen molar-refractivity contribution in [1.82, 2.24) is 0 Å². The molecule has 0 aliphatic rings. The minimum absolute atomic E-state index is 0.242. The number of rotatable bonds is 5. The van der Waals surface area contributed by atoms with Gasteiger partial charge in [0.1, 0.15) is 0 Å². The molecule has 1 aromatic carbocycles. The van der Waals surface area contributed by atoms with E-state index in [1.165, 1.54) is 0 Å². The van der Waals surface area contributed by atoms with Crippen LogP contribution in [-0.4, -0.2) is 18.5 Å². The van der Waals surface area contributed by atoms with Crippen LogP contribution in [0.2, 0.25) is 0 Å². The van der Waals surface area contributed by atoms with Crippen molar-refractivity contribution in [2.24, 2.45) is 11.5 Å². The van der Waals surface area contributed by atoms with Crippen LogP contribution in [0.1, 0.15) is 23.7 Å². The molecule has 1 atom stereocenters. The zero-order chi connectivity index (χ0) is 12.1. The first kappa shape index (κ1) is 13.0. The van der Waals surface area contributed by atoms with Crippen LogP contribution >= 0.6 is 15.9 Å². The topological polar surface area (TPSA) is 81.1 Å². The van der Waals surface area contributed by atoms with Crippen LogP contribution in [-0.2, 0) is 0 Å². The van der Waals surface area contributed by atoms with E-state index < -0.39 is 5.91 Å². The Hall–Kier alpha value is -1.07. The van der Waals surface area contributed by atoms with Crippen LogP contribution < -0.4 is 16.8 Å². The number of halogens is 1. The van der Waals surface area contributed by atoms with E-state index in [0.29, 0.717) is 16.6 Å². The molecule has 1 aromatic rings. The lowest BCUT2D eigenvalue weighted by Gasteiger charge is -2.16. The minimum atomic E-state index is -0.440. The number of anilines is 1. The highest BCUT2D eigenvalue weighted by Gasteiger charge is 2.08. The molecule has 0 fully saturated rings. The highest BCUT2D eigenvalue weighted by Crippen LogP contribution is 2.21. The molecule has 0 heterocycles. The summed E-state index contributed by atoms with van der Waals surface area (Å²) in [6, 6.07) is 5.59. The fraction of sp³-hybridized carbons (Fsp3) is 0.364. The van der Waals surface area contributed by atoms with Crippen LogP contribution in [0, 0.1) is 0 Å². The van der Waals surface area contributed by atoms with E-state index in [-0.39, 0.29) is 6.04 Å². The van der Waals surface area contributed by atoms with Crippen molar-refractivity contribution in [3.63, 3.8) is 0 Å². The average molecular weight is 286 g/mol. The molecule has 0 aliphatic heterocycles. The van der Waals surface area contributed by atoms with Crippen LogP contribution in [0.5, 0.6) is 0 Å².